The first-order valence-corrected chi connectivity index (χ1v) is 6.87. The number of ether oxygens (including phenoxy) is 1. The highest BCUT2D eigenvalue weighted by Gasteiger charge is 2.31. The maximum Gasteiger partial charge on any atom is 0.0510 e. The molecule has 2 saturated heterocycles. The Morgan fingerprint density at radius 3 is 2.56 bits per heavy atom. The summed E-state index contributed by atoms with van der Waals surface area (Å²) in [5.74, 6) is 1.64. The first kappa shape index (κ1) is 12.3. The van der Waals surface area contributed by atoms with E-state index in [1.54, 1.807) is 0 Å². The molecule has 0 amide bonds. The van der Waals surface area contributed by atoms with Crippen molar-refractivity contribution in [1.29, 1.82) is 0 Å². The molecule has 2 atom stereocenters. The number of hydrogen-bond donors (Lipinski definition) is 1. The average Bonchev–Trinajstić information content (AvgIpc) is 2.85. The predicted octanol–water partition coefficient (Wildman–Crippen LogP) is 1.47. The van der Waals surface area contributed by atoms with Crippen molar-refractivity contribution >= 4 is 0 Å². The third-order valence-electron chi connectivity index (χ3n) is 4.45. The zero-order valence-electron chi connectivity index (χ0n) is 10.5. The Bertz CT molecular complexity index is 196. The minimum atomic E-state index is 0.570. The van der Waals surface area contributed by atoms with Gasteiger partial charge in [0.25, 0.3) is 0 Å². The van der Waals surface area contributed by atoms with Crippen molar-refractivity contribution in [2.24, 2.45) is 17.6 Å². The Morgan fingerprint density at radius 2 is 2.06 bits per heavy atom. The molecule has 2 unspecified atom stereocenters. The Morgan fingerprint density at radius 1 is 1.31 bits per heavy atom. The van der Waals surface area contributed by atoms with Gasteiger partial charge in [-0.3, -0.25) is 4.90 Å². The number of piperidine rings is 1. The summed E-state index contributed by atoms with van der Waals surface area (Å²) in [4.78, 5) is 2.62. The van der Waals surface area contributed by atoms with E-state index in [1.165, 1.54) is 38.8 Å². The fourth-order valence-corrected chi connectivity index (χ4v) is 3.19. The van der Waals surface area contributed by atoms with Crippen LogP contribution < -0.4 is 5.73 Å². The molecule has 3 nitrogen and oxygen atoms in total. The van der Waals surface area contributed by atoms with Gasteiger partial charge in [-0.05, 0) is 38.3 Å². The summed E-state index contributed by atoms with van der Waals surface area (Å²) in [7, 11) is 0. The number of likely N-dealkylation sites (tertiary alicyclic amines) is 1. The summed E-state index contributed by atoms with van der Waals surface area (Å²) in [5.41, 5.74) is 5.95. The molecule has 16 heavy (non-hydrogen) atoms. The van der Waals surface area contributed by atoms with Crippen molar-refractivity contribution in [2.75, 3.05) is 32.8 Å². The monoisotopic (exact) mass is 226 g/mol. The number of rotatable bonds is 4. The van der Waals surface area contributed by atoms with Crippen molar-refractivity contribution < 1.29 is 4.74 Å². The summed E-state index contributed by atoms with van der Waals surface area (Å²) in [6, 6.07) is 0.570. The molecular weight excluding hydrogens is 200 g/mol. The number of hydrogen-bond acceptors (Lipinski definition) is 3. The van der Waals surface area contributed by atoms with Gasteiger partial charge >= 0.3 is 0 Å². The van der Waals surface area contributed by atoms with E-state index in [-0.39, 0.29) is 0 Å². The van der Waals surface area contributed by atoms with E-state index in [2.05, 4.69) is 11.8 Å². The van der Waals surface area contributed by atoms with Gasteiger partial charge in [-0.1, -0.05) is 13.3 Å². The Balaban J connectivity index is 1.85. The van der Waals surface area contributed by atoms with Crippen molar-refractivity contribution in [1.82, 2.24) is 4.90 Å². The quantitative estimate of drug-likeness (QED) is 0.789. The summed E-state index contributed by atoms with van der Waals surface area (Å²) in [6.45, 7) is 7.46. The van der Waals surface area contributed by atoms with Gasteiger partial charge in [0.1, 0.15) is 0 Å². The second-order valence-electron chi connectivity index (χ2n) is 5.31. The fraction of sp³-hybridized carbons (Fsp3) is 1.00. The van der Waals surface area contributed by atoms with Gasteiger partial charge in [-0.25, -0.2) is 0 Å². The first-order chi connectivity index (χ1) is 7.85. The van der Waals surface area contributed by atoms with Crippen LogP contribution >= 0.6 is 0 Å². The molecule has 2 aliphatic rings. The van der Waals surface area contributed by atoms with E-state index in [9.17, 15) is 0 Å². The molecule has 0 spiro atoms. The molecule has 0 aliphatic carbocycles. The third-order valence-corrected chi connectivity index (χ3v) is 4.45. The molecule has 2 aliphatic heterocycles. The Hall–Kier alpha value is -0.120. The standard InChI is InChI=1S/C13H26N2O/c1-2-11-3-6-15(7-4-11)13(9-14)12-5-8-16-10-12/h11-13H,2-10,14H2,1H3. The van der Waals surface area contributed by atoms with Gasteiger partial charge in [-0.2, -0.15) is 0 Å². The first-order valence-electron chi connectivity index (χ1n) is 6.87. The lowest BCUT2D eigenvalue weighted by molar-refractivity contribution is 0.0875. The Kier molecular flexibility index (Phi) is 4.62. The summed E-state index contributed by atoms with van der Waals surface area (Å²) < 4.78 is 5.49. The summed E-state index contributed by atoms with van der Waals surface area (Å²) in [6.07, 6.45) is 5.27. The second kappa shape index (κ2) is 5.99. The van der Waals surface area contributed by atoms with Gasteiger partial charge in [0.05, 0.1) is 6.61 Å². The molecule has 2 fully saturated rings. The van der Waals surface area contributed by atoms with E-state index >= 15 is 0 Å². The molecule has 0 saturated carbocycles. The SMILES string of the molecule is CCC1CCN(C(CN)C2CCOC2)CC1. The molecule has 3 heteroatoms. The van der Waals surface area contributed by atoms with Gasteiger partial charge in [0.15, 0.2) is 0 Å². The zero-order valence-corrected chi connectivity index (χ0v) is 10.5. The van der Waals surface area contributed by atoms with Crippen LogP contribution in [0.25, 0.3) is 0 Å². The van der Waals surface area contributed by atoms with Crippen LogP contribution in [0.3, 0.4) is 0 Å². The minimum absolute atomic E-state index is 0.570. The molecule has 2 heterocycles. The lowest BCUT2D eigenvalue weighted by Gasteiger charge is -2.39. The number of nitrogens with zero attached hydrogens (tertiary/aromatic N) is 1. The van der Waals surface area contributed by atoms with E-state index in [0.29, 0.717) is 12.0 Å². The molecule has 0 radical (unpaired) electrons. The van der Waals surface area contributed by atoms with Crippen LogP contribution in [0.15, 0.2) is 0 Å². The lowest BCUT2D eigenvalue weighted by atomic mass is 9.90. The van der Waals surface area contributed by atoms with Gasteiger partial charge in [0.2, 0.25) is 0 Å². The fourth-order valence-electron chi connectivity index (χ4n) is 3.19. The average molecular weight is 226 g/mol. The predicted molar refractivity (Wildman–Crippen MR) is 66.4 cm³/mol. The molecular formula is C13H26N2O. The number of nitrogens with two attached hydrogens (primary N) is 1. The van der Waals surface area contributed by atoms with Crippen LogP contribution in [0, 0.1) is 11.8 Å². The maximum atomic E-state index is 5.95. The van der Waals surface area contributed by atoms with Gasteiger partial charge in [0, 0.05) is 25.1 Å². The minimum Gasteiger partial charge on any atom is -0.381 e. The normalized spacial score (nSPS) is 30.8. The Labute approximate surface area is 99.3 Å². The van der Waals surface area contributed by atoms with E-state index in [1.807, 2.05) is 0 Å². The van der Waals surface area contributed by atoms with Crippen LogP contribution in [0.2, 0.25) is 0 Å². The van der Waals surface area contributed by atoms with Crippen molar-refractivity contribution in [3.63, 3.8) is 0 Å². The second-order valence-corrected chi connectivity index (χ2v) is 5.31. The topological polar surface area (TPSA) is 38.5 Å². The van der Waals surface area contributed by atoms with Crippen molar-refractivity contribution in [3.8, 4) is 0 Å². The van der Waals surface area contributed by atoms with Crippen LogP contribution in [0.5, 0.6) is 0 Å². The summed E-state index contributed by atoms with van der Waals surface area (Å²) in [5, 5.41) is 0. The van der Waals surface area contributed by atoms with Crippen LogP contribution in [0.1, 0.15) is 32.6 Å². The van der Waals surface area contributed by atoms with Gasteiger partial charge < -0.3 is 10.5 Å². The van der Waals surface area contributed by atoms with E-state index in [0.717, 1.165) is 25.7 Å². The molecule has 2 rings (SSSR count). The highest BCUT2D eigenvalue weighted by molar-refractivity contribution is 4.85. The molecule has 0 aromatic heterocycles. The molecule has 0 aromatic rings. The van der Waals surface area contributed by atoms with Crippen molar-refractivity contribution in [3.05, 3.63) is 0 Å². The van der Waals surface area contributed by atoms with Gasteiger partial charge in [-0.15, -0.1) is 0 Å². The van der Waals surface area contributed by atoms with Crippen molar-refractivity contribution in [2.45, 2.75) is 38.6 Å². The third kappa shape index (κ3) is 2.76. The lowest BCUT2D eigenvalue weighted by Crippen LogP contribution is -2.49. The van der Waals surface area contributed by atoms with E-state index < -0.39 is 0 Å². The van der Waals surface area contributed by atoms with E-state index in [4.69, 9.17) is 10.5 Å². The molecule has 0 aromatic carbocycles. The molecule has 94 valence electrons. The molecule has 0 bridgehead atoms. The largest absolute Gasteiger partial charge is 0.381 e. The van der Waals surface area contributed by atoms with Crippen LogP contribution in [-0.2, 0) is 4.74 Å². The van der Waals surface area contributed by atoms with Crippen LogP contribution in [0.4, 0.5) is 0 Å². The van der Waals surface area contributed by atoms with Crippen LogP contribution in [-0.4, -0.2) is 43.8 Å². The highest BCUT2D eigenvalue weighted by atomic mass is 16.5. The smallest absolute Gasteiger partial charge is 0.0510 e. The maximum absolute atomic E-state index is 5.95. The zero-order chi connectivity index (χ0) is 11.4. The summed E-state index contributed by atoms with van der Waals surface area (Å²) >= 11 is 0. The highest BCUT2D eigenvalue weighted by Crippen LogP contribution is 2.26. The molecule has 2 N–H and O–H groups in total.